The normalized spacial score (nSPS) is 16.6. The number of carboxylic acids is 1. The van der Waals surface area contributed by atoms with E-state index in [0.717, 1.165) is 25.1 Å². The molecule has 1 atom stereocenters. The van der Waals surface area contributed by atoms with Crippen LogP contribution in [0.3, 0.4) is 0 Å². The first-order valence-corrected chi connectivity index (χ1v) is 4.72. The molecule has 1 aromatic rings. The van der Waals surface area contributed by atoms with Crippen molar-refractivity contribution in [2.45, 2.75) is 25.3 Å². The number of carboxylic acid groups (broad SMARTS) is 1. The van der Waals surface area contributed by atoms with Crippen molar-refractivity contribution in [1.82, 2.24) is 9.78 Å². The molecule has 1 aromatic heterocycles. The summed E-state index contributed by atoms with van der Waals surface area (Å²) in [5.41, 5.74) is 7.11. The number of nitrogens with zero attached hydrogens (tertiary/aromatic N) is 2. The third-order valence-corrected chi connectivity index (χ3v) is 2.58. The molecule has 0 bridgehead atoms. The average molecular weight is 195 g/mol. The van der Waals surface area contributed by atoms with E-state index in [-0.39, 0.29) is 6.54 Å². The van der Waals surface area contributed by atoms with Gasteiger partial charge in [0, 0.05) is 18.8 Å². The Kier molecular flexibility index (Phi) is 2.25. The molecule has 0 radical (unpaired) electrons. The standard InChI is InChI=1S/C9H13N3O2/c10-5-7(9(13)14)8-4-6-2-1-3-12(6)11-8/h4,7H,1-3,5,10H2,(H,13,14). The van der Waals surface area contributed by atoms with Crippen LogP contribution in [0.1, 0.15) is 23.7 Å². The van der Waals surface area contributed by atoms with Crippen LogP contribution in [-0.4, -0.2) is 27.4 Å². The van der Waals surface area contributed by atoms with Gasteiger partial charge in [-0.25, -0.2) is 0 Å². The maximum Gasteiger partial charge on any atom is 0.313 e. The quantitative estimate of drug-likeness (QED) is 0.708. The number of nitrogens with two attached hydrogens (primary N) is 1. The van der Waals surface area contributed by atoms with Gasteiger partial charge in [-0.2, -0.15) is 5.10 Å². The van der Waals surface area contributed by atoms with Crippen LogP contribution in [-0.2, 0) is 17.8 Å². The van der Waals surface area contributed by atoms with Gasteiger partial charge in [0.2, 0.25) is 0 Å². The SMILES string of the molecule is NCC(C(=O)O)c1cc2n(n1)CCC2. The van der Waals surface area contributed by atoms with Crippen LogP contribution in [0.5, 0.6) is 0 Å². The van der Waals surface area contributed by atoms with Gasteiger partial charge in [0.25, 0.3) is 0 Å². The smallest absolute Gasteiger partial charge is 0.313 e. The largest absolute Gasteiger partial charge is 0.481 e. The maximum absolute atomic E-state index is 10.8. The molecular formula is C9H13N3O2. The molecule has 0 saturated carbocycles. The molecule has 0 amide bonds. The molecule has 1 aliphatic heterocycles. The summed E-state index contributed by atoms with van der Waals surface area (Å²) in [6.45, 7) is 0.998. The topological polar surface area (TPSA) is 81.1 Å². The van der Waals surface area contributed by atoms with Gasteiger partial charge in [0.1, 0.15) is 5.92 Å². The van der Waals surface area contributed by atoms with E-state index in [2.05, 4.69) is 5.10 Å². The Bertz CT molecular complexity index is 337. The van der Waals surface area contributed by atoms with Gasteiger partial charge in [-0.05, 0) is 18.9 Å². The molecule has 1 aliphatic rings. The molecule has 3 N–H and O–H groups in total. The monoisotopic (exact) mass is 195 g/mol. The van der Waals surface area contributed by atoms with Crippen molar-refractivity contribution in [1.29, 1.82) is 0 Å². The molecule has 2 heterocycles. The molecule has 0 fully saturated rings. The lowest BCUT2D eigenvalue weighted by molar-refractivity contribution is -0.138. The summed E-state index contributed by atoms with van der Waals surface area (Å²) in [4.78, 5) is 10.8. The molecule has 0 aliphatic carbocycles. The minimum absolute atomic E-state index is 0.103. The first-order valence-electron chi connectivity index (χ1n) is 4.72. The molecule has 1 unspecified atom stereocenters. The number of aliphatic carboxylic acids is 1. The first kappa shape index (κ1) is 9.21. The van der Waals surface area contributed by atoms with Gasteiger partial charge < -0.3 is 10.8 Å². The highest BCUT2D eigenvalue weighted by Crippen LogP contribution is 2.20. The summed E-state index contributed by atoms with van der Waals surface area (Å²) in [5.74, 6) is -1.56. The van der Waals surface area contributed by atoms with Crippen LogP contribution in [0.2, 0.25) is 0 Å². The van der Waals surface area contributed by atoms with Crippen molar-refractivity contribution in [3.05, 3.63) is 17.5 Å². The number of aryl methyl sites for hydroxylation is 2. The lowest BCUT2D eigenvalue weighted by Gasteiger charge is -2.05. The predicted molar refractivity (Wildman–Crippen MR) is 50.0 cm³/mol. The molecule has 5 nitrogen and oxygen atoms in total. The Morgan fingerprint density at radius 3 is 3.14 bits per heavy atom. The molecule has 0 spiro atoms. The van der Waals surface area contributed by atoms with Gasteiger partial charge in [0.05, 0.1) is 5.69 Å². The van der Waals surface area contributed by atoms with Gasteiger partial charge in [-0.15, -0.1) is 0 Å². The van der Waals surface area contributed by atoms with E-state index in [1.807, 2.05) is 10.7 Å². The second-order valence-electron chi connectivity index (χ2n) is 3.51. The van der Waals surface area contributed by atoms with Crippen LogP contribution in [0.15, 0.2) is 6.07 Å². The Hall–Kier alpha value is -1.36. The van der Waals surface area contributed by atoms with Crippen molar-refractivity contribution in [3.8, 4) is 0 Å². The van der Waals surface area contributed by atoms with Crippen molar-refractivity contribution in [3.63, 3.8) is 0 Å². The third kappa shape index (κ3) is 1.39. The summed E-state index contributed by atoms with van der Waals surface area (Å²) < 4.78 is 1.88. The highest BCUT2D eigenvalue weighted by Gasteiger charge is 2.23. The number of rotatable bonds is 3. The van der Waals surface area contributed by atoms with E-state index in [4.69, 9.17) is 10.8 Å². The molecule has 0 aromatic carbocycles. The first-order chi connectivity index (χ1) is 6.72. The highest BCUT2D eigenvalue weighted by molar-refractivity contribution is 5.75. The predicted octanol–water partition coefficient (Wildman–Crippen LogP) is -0.0438. The van der Waals surface area contributed by atoms with Gasteiger partial charge in [-0.1, -0.05) is 0 Å². The Labute approximate surface area is 81.5 Å². The number of hydrogen-bond donors (Lipinski definition) is 2. The van der Waals surface area contributed by atoms with Crippen molar-refractivity contribution in [2.24, 2.45) is 5.73 Å². The summed E-state index contributed by atoms with van der Waals surface area (Å²) in [6.07, 6.45) is 2.09. The van der Waals surface area contributed by atoms with Crippen LogP contribution in [0.4, 0.5) is 0 Å². The van der Waals surface area contributed by atoms with Crippen LogP contribution in [0.25, 0.3) is 0 Å². The molecule has 5 heteroatoms. The van der Waals surface area contributed by atoms with Gasteiger partial charge >= 0.3 is 5.97 Å². The van der Waals surface area contributed by atoms with Crippen LogP contribution >= 0.6 is 0 Å². The lowest BCUT2D eigenvalue weighted by Crippen LogP contribution is -2.21. The van der Waals surface area contributed by atoms with Gasteiger partial charge in [0.15, 0.2) is 0 Å². The van der Waals surface area contributed by atoms with Crippen LogP contribution < -0.4 is 5.73 Å². The summed E-state index contributed by atoms with van der Waals surface area (Å²) >= 11 is 0. The Morgan fingerprint density at radius 1 is 1.79 bits per heavy atom. The van der Waals surface area contributed by atoms with E-state index in [1.165, 1.54) is 0 Å². The second-order valence-corrected chi connectivity index (χ2v) is 3.51. The van der Waals surface area contributed by atoms with E-state index >= 15 is 0 Å². The minimum atomic E-state index is -0.899. The Morgan fingerprint density at radius 2 is 2.57 bits per heavy atom. The molecule has 76 valence electrons. The zero-order valence-corrected chi connectivity index (χ0v) is 7.81. The van der Waals surface area contributed by atoms with Crippen LogP contribution in [0, 0.1) is 0 Å². The third-order valence-electron chi connectivity index (χ3n) is 2.58. The van der Waals surface area contributed by atoms with Gasteiger partial charge in [-0.3, -0.25) is 9.48 Å². The number of hydrogen-bond acceptors (Lipinski definition) is 3. The summed E-state index contributed by atoms with van der Waals surface area (Å²) in [7, 11) is 0. The number of aromatic nitrogens is 2. The van der Waals surface area contributed by atoms with Crippen molar-refractivity contribution < 1.29 is 9.90 Å². The van der Waals surface area contributed by atoms with E-state index < -0.39 is 11.9 Å². The lowest BCUT2D eigenvalue weighted by atomic mass is 10.1. The molecule has 2 rings (SSSR count). The number of carbonyl (C=O) groups is 1. The van der Waals surface area contributed by atoms with Crippen molar-refractivity contribution >= 4 is 5.97 Å². The zero-order valence-electron chi connectivity index (χ0n) is 7.81. The Balaban J connectivity index is 2.27. The van der Waals surface area contributed by atoms with E-state index in [0.29, 0.717) is 5.69 Å². The maximum atomic E-state index is 10.8. The summed E-state index contributed by atoms with van der Waals surface area (Å²) in [6, 6.07) is 1.86. The summed E-state index contributed by atoms with van der Waals surface area (Å²) in [5, 5.41) is 13.1. The fourth-order valence-electron chi connectivity index (χ4n) is 1.80. The molecule has 0 saturated heterocycles. The van der Waals surface area contributed by atoms with E-state index in [1.54, 1.807) is 0 Å². The second kappa shape index (κ2) is 3.42. The molecule has 14 heavy (non-hydrogen) atoms. The zero-order chi connectivity index (χ0) is 10.1. The fraction of sp³-hybridized carbons (Fsp3) is 0.556. The highest BCUT2D eigenvalue weighted by atomic mass is 16.4. The number of fused-ring (bicyclic) bond motifs is 1. The van der Waals surface area contributed by atoms with Crippen molar-refractivity contribution in [2.75, 3.05) is 6.54 Å². The fourth-order valence-corrected chi connectivity index (χ4v) is 1.80. The molecular weight excluding hydrogens is 182 g/mol. The van der Waals surface area contributed by atoms with E-state index in [9.17, 15) is 4.79 Å². The minimum Gasteiger partial charge on any atom is -0.481 e. The average Bonchev–Trinajstić information content (AvgIpc) is 2.63.